The molecule has 0 aliphatic rings. The molecule has 0 heterocycles. The van der Waals surface area contributed by atoms with Crippen LogP contribution in [0.1, 0.15) is 43.0 Å². The number of nitrogens with one attached hydrogen (secondary N) is 1. The molecule has 2 amide bonds. The lowest BCUT2D eigenvalue weighted by molar-refractivity contribution is -0.139. The van der Waals surface area contributed by atoms with E-state index in [1.165, 1.54) is 4.90 Å². The summed E-state index contributed by atoms with van der Waals surface area (Å²) >= 11 is 0. The van der Waals surface area contributed by atoms with E-state index in [2.05, 4.69) is 5.32 Å². The fourth-order valence-corrected chi connectivity index (χ4v) is 4.26. The number of nitrogens with zero attached hydrogens (tertiary/aromatic N) is 2. The molecule has 0 spiro atoms. The average Bonchev–Trinajstić information content (AvgIpc) is 2.76. The van der Waals surface area contributed by atoms with Crippen LogP contribution < -0.4 is 9.62 Å². The van der Waals surface area contributed by atoms with Gasteiger partial charge in [0.15, 0.2) is 0 Å². The van der Waals surface area contributed by atoms with Gasteiger partial charge in [-0.3, -0.25) is 13.9 Å². The summed E-state index contributed by atoms with van der Waals surface area (Å²) in [6.07, 6.45) is 1.08. The Bertz CT molecular complexity index is 1110. The molecule has 0 aromatic heterocycles. The lowest BCUT2D eigenvalue weighted by atomic mass is 10.1. The Morgan fingerprint density at radius 2 is 1.56 bits per heavy atom. The predicted molar refractivity (Wildman–Crippen MR) is 137 cm³/mol. The first kappa shape index (κ1) is 27.4. The monoisotopic (exact) mass is 487 g/mol. The third-order valence-electron chi connectivity index (χ3n) is 5.78. The van der Waals surface area contributed by atoms with Crippen molar-refractivity contribution in [2.24, 2.45) is 5.92 Å². The van der Waals surface area contributed by atoms with Gasteiger partial charge >= 0.3 is 0 Å². The van der Waals surface area contributed by atoms with Crippen LogP contribution in [0.2, 0.25) is 0 Å². The molecule has 34 heavy (non-hydrogen) atoms. The van der Waals surface area contributed by atoms with Crippen LogP contribution in [-0.2, 0) is 26.2 Å². The number of hydrogen-bond acceptors (Lipinski definition) is 4. The van der Waals surface area contributed by atoms with Gasteiger partial charge in [0.05, 0.1) is 11.9 Å². The molecule has 186 valence electrons. The fourth-order valence-electron chi connectivity index (χ4n) is 3.42. The van der Waals surface area contributed by atoms with Crippen LogP contribution in [0.4, 0.5) is 5.69 Å². The van der Waals surface area contributed by atoms with Gasteiger partial charge in [0.25, 0.3) is 0 Å². The zero-order valence-corrected chi connectivity index (χ0v) is 22.1. The van der Waals surface area contributed by atoms with Crippen LogP contribution in [0.3, 0.4) is 0 Å². The van der Waals surface area contributed by atoms with E-state index in [1.807, 2.05) is 65.0 Å². The van der Waals surface area contributed by atoms with Gasteiger partial charge in [-0.1, -0.05) is 49.7 Å². The molecular weight excluding hydrogens is 450 g/mol. The molecule has 0 aliphatic carbocycles. The molecule has 0 saturated carbocycles. The largest absolute Gasteiger partial charge is 0.354 e. The second-order valence-electron chi connectivity index (χ2n) is 9.36. The van der Waals surface area contributed by atoms with Crippen molar-refractivity contribution in [3.63, 3.8) is 0 Å². The number of rotatable bonds is 10. The van der Waals surface area contributed by atoms with Gasteiger partial charge in [-0.15, -0.1) is 0 Å². The summed E-state index contributed by atoms with van der Waals surface area (Å²) in [5, 5.41) is 2.88. The Hall–Kier alpha value is -2.87. The first-order valence-electron chi connectivity index (χ1n) is 11.5. The number of amides is 2. The van der Waals surface area contributed by atoms with Gasteiger partial charge in [-0.2, -0.15) is 0 Å². The van der Waals surface area contributed by atoms with Crippen molar-refractivity contribution < 1.29 is 18.0 Å². The Labute approximate surface area is 204 Å². The standard InChI is InChI=1S/C26H37N3O4S/c1-18(2)15-27-26(31)22(6)28(16-23-11-8-19(3)9-12-23)25(30)17-29(34(7,32)33)24-13-10-20(4)21(5)14-24/h8-14,18,22H,15-17H2,1-7H3,(H,27,31). The minimum Gasteiger partial charge on any atom is -0.354 e. The number of sulfonamides is 1. The Morgan fingerprint density at radius 3 is 2.09 bits per heavy atom. The second-order valence-corrected chi connectivity index (χ2v) is 11.3. The van der Waals surface area contributed by atoms with E-state index in [9.17, 15) is 18.0 Å². The van der Waals surface area contributed by atoms with Crippen LogP contribution in [0, 0.1) is 26.7 Å². The van der Waals surface area contributed by atoms with Gasteiger partial charge in [0.1, 0.15) is 12.6 Å². The Balaban J connectivity index is 2.37. The van der Waals surface area contributed by atoms with Gasteiger partial charge in [-0.25, -0.2) is 8.42 Å². The number of hydrogen-bond donors (Lipinski definition) is 1. The number of anilines is 1. The Morgan fingerprint density at radius 1 is 0.941 bits per heavy atom. The first-order valence-corrected chi connectivity index (χ1v) is 13.3. The first-order chi connectivity index (χ1) is 15.8. The minimum absolute atomic E-state index is 0.194. The van der Waals surface area contributed by atoms with Crippen molar-refractivity contribution in [3.05, 3.63) is 64.7 Å². The second kappa shape index (κ2) is 11.5. The zero-order valence-electron chi connectivity index (χ0n) is 21.3. The summed E-state index contributed by atoms with van der Waals surface area (Å²) in [7, 11) is -3.74. The van der Waals surface area contributed by atoms with E-state index < -0.39 is 28.5 Å². The minimum atomic E-state index is -3.74. The molecular formula is C26H37N3O4S. The number of carbonyl (C=O) groups excluding carboxylic acids is 2. The van der Waals surface area contributed by atoms with Crippen LogP contribution in [0.15, 0.2) is 42.5 Å². The van der Waals surface area contributed by atoms with Gasteiger partial charge in [-0.05, 0) is 62.4 Å². The third kappa shape index (κ3) is 7.58. The molecule has 0 bridgehead atoms. The molecule has 1 unspecified atom stereocenters. The summed E-state index contributed by atoms with van der Waals surface area (Å²) in [6.45, 7) is 11.8. The average molecular weight is 488 g/mol. The van der Waals surface area contributed by atoms with E-state index >= 15 is 0 Å². The van der Waals surface area contributed by atoms with E-state index in [-0.39, 0.29) is 18.4 Å². The van der Waals surface area contributed by atoms with E-state index in [4.69, 9.17) is 0 Å². The molecule has 7 nitrogen and oxygen atoms in total. The highest BCUT2D eigenvalue weighted by molar-refractivity contribution is 7.92. The highest BCUT2D eigenvalue weighted by atomic mass is 32.2. The molecule has 8 heteroatoms. The van der Waals surface area contributed by atoms with E-state index in [0.717, 1.165) is 32.8 Å². The predicted octanol–water partition coefficient (Wildman–Crippen LogP) is 3.57. The molecule has 0 saturated heterocycles. The molecule has 0 radical (unpaired) electrons. The molecule has 1 atom stereocenters. The normalized spacial score (nSPS) is 12.4. The topological polar surface area (TPSA) is 86.8 Å². The smallest absolute Gasteiger partial charge is 0.244 e. The zero-order chi connectivity index (χ0) is 25.6. The lowest BCUT2D eigenvalue weighted by Gasteiger charge is -2.31. The van der Waals surface area contributed by atoms with Crippen molar-refractivity contribution in [1.29, 1.82) is 0 Å². The Kier molecular flexibility index (Phi) is 9.27. The highest BCUT2D eigenvalue weighted by Gasteiger charge is 2.30. The van der Waals surface area contributed by atoms with Gasteiger partial charge in [0.2, 0.25) is 21.8 Å². The van der Waals surface area contributed by atoms with Gasteiger partial charge < -0.3 is 10.2 Å². The maximum absolute atomic E-state index is 13.5. The van der Waals surface area contributed by atoms with Crippen molar-refractivity contribution >= 4 is 27.5 Å². The molecule has 2 aromatic carbocycles. The van der Waals surface area contributed by atoms with Crippen LogP contribution in [0.25, 0.3) is 0 Å². The third-order valence-corrected chi connectivity index (χ3v) is 6.92. The molecule has 0 fully saturated rings. The van der Waals surface area contributed by atoms with Crippen molar-refractivity contribution in [1.82, 2.24) is 10.2 Å². The summed E-state index contributed by atoms with van der Waals surface area (Å²) in [6, 6.07) is 12.2. The maximum atomic E-state index is 13.5. The number of carbonyl (C=O) groups is 2. The summed E-state index contributed by atoms with van der Waals surface area (Å²) in [5.41, 5.74) is 4.32. The molecule has 1 N–H and O–H groups in total. The lowest BCUT2D eigenvalue weighted by Crippen LogP contribution is -2.51. The fraction of sp³-hybridized carbons (Fsp3) is 0.462. The van der Waals surface area contributed by atoms with Crippen molar-refractivity contribution in [3.8, 4) is 0 Å². The van der Waals surface area contributed by atoms with Crippen LogP contribution in [-0.4, -0.2) is 50.5 Å². The van der Waals surface area contributed by atoms with Gasteiger partial charge in [0, 0.05) is 13.1 Å². The van der Waals surface area contributed by atoms with Crippen LogP contribution >= 0.6 is 0 Å². The molecule has 2 rings (SSSR count). The quantitative estimate of drug-likeness (QED) is 0.555. The maximum Gasteiger partial charge on any atom is 0.244 e. The summed E-state index contributed by atoms with van der Waals surface area (Å²) < 4.78 is 26.4. The molecule has 2 aromatic rings. The number of benzene rings is 2. The summed E-state index contributed by atoms with van der Waals surface area (Å²) in [4.78, 5) is 27.8. The molecule has 0 aliphatic heterocycles. The van der Waals surface area contributed by atoms with E-state index in [1.54, 1.807) is 19.1 Å². The number of aryl methyl sites for hydroxylation is 3. The van der Waals surface area contributed by atoms with Crippen molar-refractivity contribution in [2.45, 2.75) is 54.1 Å². The SMILES string of the molecule is Cc1ccc(CN(C(=O)CN(c2ccc(C)c(C)c2)S(C)(=O)=O)C(C)C(=O)NCC(C)C)cc1. The van der Waals surface area contributed by atoms with Crippen molar-refractivity contribution in [2.75, 3.05) is 23.7 Å². The summed E-state index contributed by atoms with van der Waals surface area (Å²) in [5.74, 6) is -0.453. The van der Waals surface area contributed by atoms with Crippen LogP contribution in [0.5, 0.6) is 0 Å². The van der Waals surface area contributed by atoms with E-state index in [0.29, 0.717) is 12.2 Å². The highest BCUT2D eigenvalue weighted by Crippen LogP contribution is 2.22.